The largest absolute Gasteiger partial charge is 0.465 e. The highest BCUT2D eigenvalue weighted by Crippen LogP contribution is 2.21. The van der Waals surface area contributed by atoms with E-state index in [-0.39, 0.29) is 5.95 Å². The van der Waals surface area contributed by atoms with E-state index in [4.69, 9.17) is 5.11 Å². The van der Waals surface area contributed by atoms with Gasteiger partial charge in [0.2, 0.25) is 11.9 Å². The van der Waals surface area contributed by atoms with Crippen molar-refractivity contribution < 1.29 is 14.3 Å². The van der Waals surface area contributed by atoms with E-state index in [0.717, 1.165) is 0 Å². The molecule has 6 nitrogen and oxygen atoms in total. The molecule has 0 bridgehead atoms. The number of anilines is 1. The van der Waals surface area contributed by atoms with Crippen molar-refractivity contribution in [2.24, 2.45) is 0 Å². The van der Waals surface area contributed by atoms with E-state index in [2.05, 4.69) is 15.0 Å². The number of nitrogens with zero attached hydrogens (tertiary/aromatic N) is 3. The van der Waals surface area contributed by atoms with E-state index in [1.807, 2.05) is 5.32 Å². The van der Waals surface area contributed by atoms with Crippen molar-refractivity contribution in [3.63, 3.8) is 0 Å². The van der Waals surface area contributed by atoms with Crippen molar-refractivity contribution in [2.45, 2.75) is 6.92 Å². The first kappa shape index (κ1) is 11.9. The highest BCUT2D eigenvalue weighted by Gasteiger charge is 2.08. The van der Waals surface area contributed by atoms with Gasteiger partial charge in [-0.2, -0.15) is 4.39 Å². The molecule has 0 unspecified atom stereocenters. The number of halogens is 1. The van der Waals surface area contributed by atoms with E-state index in [1.54, 1.807) is 13.0 Å². The lowest BCUT2D eigenvalue weighted by atomic mass is 10.1. The summed E-state index contributed by atoms with van der Waals surface area (Å²) in [6.45, 7) is 1.71. The summed E-state index contributed by atoms with van der Waals surface area (Å²) in [5.74, 6) is -0.613. The number of hydrogen-bond acceptors (Lipinski definition) is 4. The van der Waals surface area contributed by atoms with Crippen LogP contribution in [0.1, 0.15) is 5.56 Å². The molecule has 0 radical (unpaired) electrons. The second-order valence-corrected chi connectivity index (χ2v) is 3.52. The van der Waals surface area contributed by atoms with Crippen LogP contribution in [0.5, 0.6) is 0 Å². The molecule has 7 heteroatoms. The summed E-state index contributed by atoms with van der Waals surface area (Å²) in [6, 6.07) is 2.87. The molecule has 0 saturated carbocycles. The van der Waals surface area contributed by atoms with Crippen LogP contribution >= 0.6 is 0 Å². The lowest BCUT2D eigenvalue weighted by Crippen LogP contribution is -2.10. The number of aromatic nitrogens is 3. The van der Waals surface area contributed by atoms with Crippen LogP contribution < -0.4 is 5.32 Å². The van der Waals surface area contributed by atoms with Crippen LogP contribution in [0, 0.1) is 12.9 Å². The van der Waals surface area contributed by atoms with Crippen LogP contribution in [0.25, 0.3) is 11.3 Å². The van der Waals surface area contributed by atoms with Gasteiger partial charge < -0.3 is 5.11 Å². The quantitative estimate of drug-likeness (QED) is 0.794. The average molecular weight is 248 g/mol. The molecule has 0 atom stereocenters. The maximum absolute atomic E-state index is 12.9. The Morgan fingerprint density at radius 2 is 2.22 bits per heavy atom. The minimum Gasteiger partial charge on any atom is -0.465 e. The summed E-state index contributed by atoms with van der Waals surface area (Å²) >= 11 is 0. The Morgan fingerprint density at radius 3 is 2.89 bits per heavy atom. The summed E-state index contributed by atoms with van der Waals surface area (Å²) in [4.78, 5) is 21.8. The van der Waals surface area contributed by atoms with Gasteiger partial charge in [-0.3, -0.25) is 5.32 Å². The van der Waals surface area contributed by atoms with Crippen molar-refractivity contribution in [2.75, 3.05) is 5.32 Å². The van der Waals surface area contributed by atoms with E-state index in [1.165, 1.54) is 18.5 Å². The van der Waals surface area contributed by atoms with E-state index >= 15 is 0 Å². The third kappa shape index (κ3) is 2.57. The van der Waals surface area contributed by atoms with Crippen LogP contribution in [0.15, 0.2) is 24.5 Å². The van der Waals surface area contributed by atoms with Crippen LogP contribution in [-0.4, -0.2) is 26.2 Å². The number of rotatable bonds is 2. The molecule has 2 aromatic heterocycles. The lowest BCUT2D eigenvalue weighted by molar-refractivity contribution is 0.209. The maximum atomic E-state index is 12.9. The van der Waals surface area contributed by atoms with Gasteiger partial charge >= 0.3 is 6.09 Å². The second kappa shape index (κ2) is 4.74. The molecule has 0 saturated heterocycles. The number of amides is 1. The number of nitrogens with one attached hydrogen (secondary N) is 1. The summed E-state index contributed by atoms with van der Waals surface area (Å²) in [5, 5.41) is 10.6. The van der Waals surface area contributed by atoms with Gasteiger partial charge in [-0.25, -0.2) is 19.7 Å². The summed E-state index contributed by atoms with van der Waals surface area (Å²) < 4.78 is 12.9. The zero-order valence-electron chi connectivity index (χ0n) is 9.38. The highest BCUT2D eigenvalue weighted by atomic mass is 19.1. The van der Waals surface area contributed by atoms with Gasteiger partial charge in [0.15, 0.2) is 0 Å². The topological polar surface area (TPSA) is 88.0 Å². The van der Waals surface area contributed by atoms with Gasteiger partial charge in [0.25, 0.3) is 0 Å². The molecule has 0 aliphatic rings. The predicted octanol–water partition coefficient (Wildman–Crippen LogP) is 2.08. The molecule has 2 heterocycles. The van der Waals surface area contributed by atoms with E-state index in [0.29, 0.717) is 16.8 Å². The molecule has 2 N–H and O–H groups in total. The SMILES string of the molecule is Cc1cc(F)ncc1-c1ccnc(NC(=O)O)n1. The molecule has 0 aromatic carbocycles. The van der Waals surface area contributed by atoms with Crippen LogP contribution in [-0.2, 0) is 0 Å². The van der Waals surface area contributed by atoms with Crippen molar-refractivity contribution in [1.82, 2.24) is 15.0 Å². The Balaban J connectivity index is 2.41. The minimum absolute atomic E-state index is 0.0382. The predicted molar refractivity (Wildman–Crippen MR) is 61.6 cm³/mol. The summed E-state index contributed by atoms with van der Waals surface area (Å²) in [7, 11) is 0. The van der Waals surface area contributed by atoms with Crippen molar-refractivity contribution >= 4 is 12.0 Å². The molecule has 18 heavy (non-hydrogen) atoms. The Kier molecular flexibility index (Phi) is 3.13. The highest BCUT2D eigenvalue weighted by molar-refractivity contribution is 5.80. The number of hydrogen-bond donors (Lipinski definition) is 2. The van der Waals surface area contributed by atoms with E-state index < -0.39 is 12.0 Å². The third-order valence-corrected chi connectivity index (χ3v) is 2.23. The standard InChI is InChI=1S/C11H9FN4O2/c1-6-4-9(12)14-5-7(6)8-2-3-13-10(15-8)16-11(17)18/h2-5H,1H3,(H,17,18)(H,13,15,16). The van der Waals surface area contributed by atoms with Crippen molar-refractivity contribution in [3.05, 3.63) is 36.0 Å². The smallest absolute Gasteiger partial charge is 0.411 e. The molecular formula is C11H9FN4O2. The van der Waals surface area contributed by atoms with Gasteiger partial charge in [0.05, 0.1) is 5.69 Å². The van der Waals surface area contributed by atoms with Crippen LogP contribution in [0.2, 0.25) is 0 Å². The minimum atomic E-state index is -1.25. The molecular weight excluding hydrogens is 239 g/mol. The summed E-state index contributed by atoms with van der Waals surface area (Å²) in [6.07, 6.45) is 1.51. The van der Waals surface area contributed by atoms with Gasteiger partial charge in [-0.1, -0.05) is 0 Å². The molecule has 92 valence electrons. The third-order valence-electron chi connectivity index (χ3n) is 2.23. The zero-order chi connectivity index (χ0) is 13.1. The fourth-order valence-electron chi connectivity index (χ4n) is 1.45. The van der Waals surface area contributed by atoms with Crippen LogP contribution in [0.3, 0.4) is 0 Å². The molecule has 0 aliphatic heterocycles. The van der Waals surface area contributed by atoms with Gasteiger partial charge in [0, 0.05) is 18.0 Å². The zero-order valence-corrected chi connectivity index (χ0v) is 9.38. The number of carboxylic acid groups (broad SMARTS) is 1. The number of carbonyl (C=O) groups is 1. The molecule has 0 fully saturated rings. The van der Waals surface area contributed by atoms with Gasteiger partial charge in [-0.05, 0) is 24.6 Å². The van der Waals surface area contributed by atoms with E-state index in [9.17, 15) is 9.18 Å². The Labute approximate surface area is 102 Å². The Morgan fingerprint density at radius 1 is 1.44 bits per heavy atom. The molecule has 2 aromatic rings. The van der Waals surface area contributed by atoms with Gasteiger partial charge in [-0.15, -0.1) is 0 Å². The lowest BCUT2D eigenvalue weighted by Gasteiger charge is -2.05. The fraction of sp³-hybridized carbons (Fsp3) is 0.0909. The first-order valence-corrected chi connectivity index (χ1v) is 5.02. The number of aryl methyl sites for hydroxylation is 1. The van der Waals surface area contributed by atoms with Crippen LogP contribution in [0.4, 0.5) is 15.1 Å². The Hall–Kier alpha value is -2.57. The molecule has 0 spiro atoms. The maximum Gasteiger partial charge on any atom is 0.411 e. The normalized spacial score (nSPS) is 10.1. The monoisotopic (exact) mass is 248 g/mol. The van der Waals surface area contributed by atoms with Gasteiger partial charge in [0.1, 0.15) is 0 Å². The fourth-order valence-corrected chi connectivity index (χ4v) is 1.45. The second-order valence-electron chi connectivity index (χ2n) is 3.52. The van der Waals surface area contributed by atoms with Crippen molar-refractivity contribution in [1.29, 1.82) is 0 Å². The molecule has 1 amide bonds. The first-order valence-electron chi connectivity index (χ1n) is 5.02. The van der Waals surface area contributed by atoms with Crippen molar-refractivity contribution in [3.8, 4) is 11.3 Å². The number of pyridine rings is 1. The molecule has 0 aliphatic carbocycles. The average Bonchev–Trinajstić information content (AvgIpc) is 2.28. The molecule has 2 rings (SSSR count). The first-order chi connectivity index (χ1) is 8.56. The Bertz CT molecular complexity index is 603. The summed E-state index contributed by atoms with van der Waals surface area (Å²) in [5.41, 5.74) is 1.74.